The van der Waals surface area contributed by atoms with Crippen molar-refractivity contribution in [3.8, 4) is 0 Å². The second kappa shape index (κ2) is 9.03. The molecule has 0 aliphatic carbocycles. The molecule has 0 N–H and O–H groups in total. The van der Waals surface area contributed by atoms with Crippen molar-refractivity contribution in [2.45, 2.75) is 49.1 Å². The summed E-state index contributed by atoms with van der Waals surface area (Å²) in [7, 11) is 0. The molecular weight excluding hydrogens is 405 g/mol. The monoisotopic (exact) mass is 423 g/mol. The highest BCUT2D eigenvalue weighted by atomic mass is 35.5. The third-order valence-electron chi connectivity index (χ3n) is 3.81. The minimum atomic E-state index is -0.305. The molecule has 3 rings (SSSR count). The van der Waals surface area contributed by atoms with Gasteiger partial charge in [-0.25, -0.2) is 14.4 Å². The van der Waals surface area contributed by atoms with Gasteiger partial charge in [-0.15, -0.1) is 10.2 Å². The van der Waals surface area contributed by atoms with E-state index >= 15 is 0 Å². The number of thioether (sulfide) groups is 2. The maximum Gasteiger partial charge on any atom is 0.191 e. The Kier molecular flexibility index (Phi) is 6.73. The molecule has 0 unspecified atom stereocenters. The van der Waals surface area contributed by atoms with Gasteiger partial charge >= 0.3 is 0 Å². The predicted octanol–water partition coefficient (Wildman–Crippen LogP) is 5.08. The molecule has 1 aromatic carbocycles. The average molecular weight is 424 g/mol. The molecule has 0 fully saturated rings. The molecule has 0 spiro atoms. The largest absolute Gasteiger partial charge is 0.306 e. The first-order valence-corrected chi connectivity index (χ1v) is 10.8. The molecule has 142 valence electrons. The van der Waals surface area contributed by atoms with Gasteiger partial charge in [0.2, 0.25) is 0 Å². The molecule has 0 aliphatic rings. The van der Waals surface area contributed by atoms with Crippen molar-refractivity contribution in [1.82, 2.24) is 24.7 Å². The summed E-state index contributed by atoms with van der Waals surface area (Å²) < 4.78 is 16.0. The van der Waals surface area contributed by atoms with Crippen LogP contribution < -0.4 is 0 Å². The Morgan fingerprint density at radius 2 is 1.81 bits per heavy atom. The Bertz CT molecular complexity index is 907. The maximum atomic E-state index is 14.0. The number of nitrogens with zero attached hydrogens (tertiary/aromatic N) is 5. The van der Waals surface area contributed by atoms with E-state index in [-0.39, 0.29) is 5.82 Å². The standard InChI is InChI=1S/C18H19ClFN5S2/c1-4-25-16(10-26-17-21-11(2)8-12(3)22-17)23-24-18(25)27-9-13-14(19)6-5-7-15(13)20/h5-8H,4,9-10H2,1-3H3. The van der Waals surface area contributed by atoms with Gasteiger partial charge in [-0.05, 0) is 39.0 Å². The van der Waals surface area contributed by atoms with Crippen LogP contribution in [0.1, 0.15) is 29.7 Å². The molecule has 0 saturated carbocycles. The van der Waals surface area contributed by atoms with Crippen LogP contribution in [0.4, 0.5) is 4.39 Å². The minimum absolute atomic E-state index is 0.305. The quantitative estimate of drug-likeness (QED) is 0.390. The SMILES string of the molecule is CCn1c(CSc2nc(C)cc(C)n2)nnc1SCc1c(F)cccc1Cl. The number of aryl methyl sites for hydroxylation is 2. The molecule has 2 heterocycles. The Balaban J connectivity index is 1.71. The first-order chi connectivity index (χ1) is 13.0. The van der Waals surface area contributed by atoms with E-state index in [1.807, 2.05) is 31.4 Å². The van der Waals surface area contributed by atoms with Crippen molar-refractivity contribution in [3.05, 3.63) is 57.9 Å². The van der Waals surface area contributed by atoms with Gasteiger partial charge in [-0.2, -0.15) is 0 Å². The third-order valence-corrected chi connectivity index (χ3v) is 6.00. The Morgan fingerprint density at radius 1 is 1.07 bits per heavy atom. The highest BCUT2D eigenvalue weighted by molar-refractivity contribution is 7.98. The van der Waals surface area contributed by atoms with Crippen LogP contribution in [0.3, 0.4) is 0 Å². The molecule has 0 atom stereocenters. The Hall–Kier alpha value is -1.64. The first-order valence-electron chi connectivity index (χ1n) is 8.40. The van der Waals surface area contributed by atoms with Gasteiger partial charge in [0.05, 0.1) is 5.75 Å². The fourth-order valence-electron chi connectivity index (χ4n) is 2.54. The van der Waals surface area contributed by atoms with Crippen LogP contribution in [0.15, 0.2) is 34.6 Å². The van der Waals surface area contributed by atoms with E-state index in [0.717, 1.165) is 34.1 Å². The number of hydrogen-bond acceptors (Lipinski definition) is 6. The van der Waals surface area contributed by atoms with Gasteiger partial charge in [0.1, 0.15) is 11.6 Å². The third kappa shape index (κ3) is 5.00. The van der Waals surface area contributed by atoms with E-state index in [4.69, 9.17) is 11.6 Å². The van der Waals surface area contributed by atoms with E-state index in [9.17, 15) is 4.39 Å². The van der Waals surface area contributed by atoms with Crippen molar-refractivity contribution in [2.24, 2.45) is 0 Å². The molecule has 3 aromatic rings. The summed E-state index contributed by atoms with van der Waals surface area (Å²) >= 11 is 9.06. The van der Waals surface area contributed by atoms with Crippen molar-refractivity contribution in [1.29, 1.82) is 0 Å². The molecule has 0 amide bonds. The minimum Gasteiger partial charge on any atom is -0.306 e. The highest BCUT2D eigenvalue weighted by Crippen LogP contribution is 2.29. The topological polar surface area (TPSA) is 56.5 Å². The van der Waals surface area contributed by atoms with E-state index in [1.165, 1.54) is 29.6 Å². The summed E-state index contributed by atoms with van der Waals surface area (Å²) in [5.41, 5.74) is 2.37. The molecule has 0 bridgehead atoms. The van der Waals surface area contributed by atoms with E-state index < -0.39 is 0 Å². The van der Waals surface area contributed by atoms with Crippen LogP contribution in [0, 0.1) is 19.7 Å². The van der Waals surface area contributed by atoms with Crippen molar-refractivity contribution >= 4 is 35.1 Å². The van der Waals surface area contributed by atoms with Crippen LogP contribution in [0.25, 0.3) is 0 Å². The van der Waals surface area contributed by atoms with E-state index in [1.54, 1.807) is 12.1 Å². The highest BCUT2D eigenvalue weighted by Gasteiger charge is 2.15. The second-order valence-electron chi connectivity index (χ2n) is 5.85. The number of hydrogen-bond donors (Lipinski definition) is 0. The van der Waals surface area contributed by atoms with Gasteiger partial charge in [0.25, 0.3) is 0 Å². The zero-order valence-corrected chi connectivity index (χ0v) is 17.6. The summed E-state index contributed by atoms with van der Waals surface area (Å²) in [6.45, 7) is 6.67. The molecule has 0 saturated heterocycles. The summed E-state index contributed by atoms with van der Waals surface area (Å²) in [6.07, 6.45) is 0. The number of rotatable bonds is 7. The lowest BCUT2D eigenvalue weighted by Gasteiger charge is -2.08. The van der Waals surface area contributed by atoms with Gasteiger partial charge in [-0.3, -0.25) is 0 Å². The Labute approximate surface area is 171 Å². The van der Waals surface area contributed by atoms with Crippen LogP contribution in [0.5, 0.6) is 0 Å². The van der Waals surface area contributed by atoms with Gasteiger partial charge in [0.15, 0.2) is 10.3 Å². The zero-order chi connectivity index (χ0) is 19.4. The summed E-state index contributed by atoms with van der Waals surface area (Å²) in [4.78, 5) is 8.88. The lowest BCUT2D eigenvalue weighted by Crippen LogP contribution is -2.03. The molecule has 27 heavy (non-hydrogen) atoms. The predicted molar refractivity (Wildman–Crippen MR) is 108 cm³/mol. The molecule has 9 heteroatoms. The second-order valence-corrected chi connectivity index (χ2v) is 8.15. The normalized spacial score (nSPS) is 11.1. The molecule has 0 radical (unpaired) electrons. The average Bonchev–Trinajstić information content (AvgIpc) is 3.00. The van der Waals surface area contributed by atoms with E-state index in [2.05, 4.69) is 20.2 Å². The van der Waals surface area contributed by atoms with Crippen molar-refractivity contribution in [3.63, 3.8) is 0 Å². The molecular formula is C18H19ClFN5S2. The van der Waals surface area contributed by atoms with Crippen LogP contribution in [-0.2, 0) is 18.1 Å². The number of aromatic nitrogens is 5. The molecule has 0 aliphatic heterocycles. The van der Waals surface area contributed by atoms with Crippen molar-refractivity contribution < 1.29 is 4.39 Å². The van der Waals surface area contributed by atoms with Gasteiger partial charge < -0.3 is 4.57 Å². The lowest BCUT2D eigenvalue weighted by molar-refractivity contribution is 0.617. The molecule has 2 aromatic heterocycles. The smallest absolute Gasteiger partial charge is 0.191 e. The fraction of sp³-hybridized carbons (Fsp3) is 0.333. The van der Waals surface area contributed by atoms with Crippen LogP contribution in [-0.4, -0.2) is 24.7 Å². The summed E-state index contributed by atoms with van der Waals surface area (Å²) in [5.74, 6) is 1.55. The van der Waals surface area contributed by atoms with Crippen LogP contribution >= 0.6 is 35.1 Å². The summed E-state index contributed by atoms with van der Waals surface area (Å²) in [6, 6.07) is 6.65. The first kappa shape index (κ1) is 20.1. The van der Waals surface area contributed by atoms with E-state index in [0.29, 0.717) is 22.1 Å². The fourth-order valence-corrected chi connectivity index (χ4v) is 4.80. The Morgan fingerprint density at radius 3 is 2.48 bits per heavy atom. The molecule has 5 nitrogen and oxygen atoms in total. The van der Waals surface area contributed by atoms with Crippen LogP contribution in [0.2, 0.25) is 5.02 Å². The number of benzene rings is 1. The summed E-state index contributed by atoms with van der Waals surface area (Å²) in [5, 5.41) is 10.5. The zero-order valence-electron chi connectivity index (χ0n) is 15.2. The lowest BCUT2D eigenvalue weighted by atomic mass is 10.2. The number of halogens is 2. The van der Waals surface area contributed by atoms with Gasteiger partial charge in [0, 0.05) is 34.3 Å². The van der Waals surface area contributed by atoms with Gasteiger partial charge in [-0.1, -0.05) is 41.2 Å². The maximum absolute atomic E-state index is 14.0. The van der Waals surface area contributed by atoms with Crippen molar-refractivity contribution in [2.75, 3.05) is 0 Å².